The topological polar surface area (TPSA) is 38.3 Å². The lowest BCUT2D eigenvalue weighted by Crippen LogP contribution is -2.56. The second kappa shape index (κ2) is 7.05. The van der Waals surface area contributed by atoms with Gasteiger partial charge in [0.25, 0.3) is 11.5 Å². The number of amides is 1. The number of nitrogens with one attached hydrogen (secondary N) is 1. The molecule has 0 radical (unpaired) electrons. The molecule has 1 N–H and O–H groups in total. The monoisotopic (exact) mass is 337 g/mol. The van der Waals surface area contributed by atoms with Crippen molar-refractivity contribution in [3.8, 4) is 0 Å². The molecule has 0 bridgehead atoms. The Labute approximate surface area is 138 Å². The van der Waals surface area contributed by atoms with Gasteiger partial charge < -0.3 is 10.1 Å². The molecule has 2 aromatic rings. The number of rotatable bonds is 5. The Kier molecular flexibility index (Phi) is 5.29. The first-order chi connectivity index (χ1) is 11.3. The standard InChI is InChI=1S/C18H18F3NO2/c1-13(14-9-5-3-6-10-14)22-16(23)17(24-2,18(19,20)21)15-11-7-4-8-12-15/h3-13H,1-2H3,(H,22,23)/t13?,17-/m1/s1. The summed E-state index contributed by atoms with van der Waals surface area (Å²) in [4.78, 5) is 12.6. The van der Waals surface area contributed by atoms with Gasteiger partial charge in [0.05, 0.1) is 6.04 Å². The van der Waals surface area contributed by atoms with Crippen LogP contribution in [0.5, 0.6) is 0 Å². The van der Waals surface area contributed by atoms with Crippen molar-refractivity contribution < 1.29 is 22.7 Å². The molecule has 0 aliphatic rings. The number of carbonyl (C=O) groups excluding carboxylic acids is 1. The minimum absolute atomic E-state index is 0.266. The van der Waals surface area contributed by atoms with Crippen molar-refractivity contribution in [2.75, 3.05) is 7.11 Å². The molecule has 1 amide bonds. The third-order valence-electron chi connectivity index (χ3n) is 3.85. The molecule has 24 heavy (non-hydrogen) atoms. The van der Waals surface area contributed by atoms with Crippen molar-refractivity contribution in [3.05, 3.63) is 71.8 Å². The maximum absolute atomic E-state index is 13.8. The normalized spacial score (nSPS) is 15.4. The van der Waals surface area contributed by atoms with E-state index in [1.165, 1.54) is 24.3 Å². The van der Waals surface area contributed by atoms with Crippen molar-refractivity contribution in [2.45, 2.75) is 24.7 Å². The fraction of sp³-hybridized carbons (Fsp3) is 0.278. The zero-order valence-electron chi connectivity index (χ0n) is 13.3. The summed E-state index contributed by atoms with van der Waals surface area (Å²) in [6.07, 6.45) is -4.91. The van der Waals surface area contributed by atoms with E-state index in [9.17, 15) is 18.0 Å². The number of hydrogen-bond donors (Lipinski definition) is 1. The molecule has 1 unspecified atom stereocenters. The van der Waals surface area contributed by atoms with Crippen molar-refractivity contribution in [1.29, 1.82) is 0 Å². The highest BCUT2D eigenvalue weighted by Gasteiger charge is 2.62. The quantitative estimate of drug-likeness (QED) is 0.897. The van der Waals surface area contributed by atoms with Gasteiger partial charge in [0.2, 0.25) is 0 Å². The largest absolute Gasteiger partial charge is 0.430 e. The van der Waals surface area contributed by atoms with Gasteiger partial charge in [-0.2, -0.15) is 13.2 Å². The van der Waals surface area contributed by atoms with E-state index >= 15 is 0 Å². The molecule has 0 fully saturated rings. The SMILES string of the molecule is CO[C@@](C(=O)NC(C)c1ccccc1)(c1ccccc1)C(F)(F)F. The molecule has 6 heteroatoms. The molecule has 0 heterocycles. The molecule has 0 saturated carbocycles. The molecule has 0 aromatic heterocycles. The van der Waals surface area contributed by atoms with E-state index in [1.807, 2.05) is 0 Å². The van der Waals surface area contributed by atoms with Crippen LogP contribution in [0.3, 0.4) is 0 Å². The highest BCUT2D eigenvalue weighted by atomic mass is 19.4. The maximum Gasteiger partial charge on any atom is 0.430 e. The van der Waals surface area contributed by atoms with E-state index in [0.29, 0.717) is 5.56 Å². The Balaban J connectivity index is 2.39. The molecule has 0 spiro atoms. The van der Waals surface area contributed by atoms with Crippen LogP contribution in [0.4, 0.5) is 13.2 Å². The van der Waals surface area contributed by atoms with E-state index in [1.54, 1.807) is 43.3 Å². The van der Waals surface area contributed by atoms with Gasteiger partial charge in [-0.25, -0.2) is 0 Å². The van der Waals surface area contributed by atoms with Crippen LogP contribution in [0, 0.1) is 0 Å². The summed E-state index contributed by atoms with van der Waals surface area (Å²) in [7, 11) is 0.882. The predicted molar refractivity (Wildman–Crippen MR) is 84.2 cm³/mol. The number of hydrogen-bond acceptors (Lipinski definition) is 2. The summed E-state index contributed by atoms with van der Waals surface area (Å²) >= 11 is 0. The Bertz CT molecular complexity index is 674. The fourth-order valence-electron chi connectivity index (χ4n) is 2.55. The number of alkyl halides is 3. The van der Waals surface area contributed by atoms with Crippen LogP contribution < -0.4 is 5.32 Å². The summed E-state index contributed by atoms with van der Waals surface area (Å²) in [6.45, 7) is 1.62. The smallest absolute Gasteiger partial charge is 0.356 e. The van der Waals surface area contributed by atoms with E-state index in [-0.39, 0.29) is 5.56 Å². The first kappa shape index (κ1) is 18.0. The van der Waals surface area contributed by atoms with E-state index < -0.39 is 23.7 Å². The zero-order chi connectivity index (χ0) is 17.8. The van der Waals surface area contributed by atoms with Crippen LogP contribution in [-0.2, 0) is 15.1 Å². The summed E-state index contributed by atoms with van der Waals surface area (Å²) in [5, 5.41) is 2.41. The van der Waals surface area contributed by atoms with Crippen molar-refractivity contribution in [3.63, 3.8) is 0 Å². The van der Waals surface area contributed by atoms with Gasteiger partial charge in [-0.3, -0.25) is 4.79 Å². The number of methoxy groups -OCH3 is 1. The van der Waals surface area contributed by atoms with Gasteiger partial charge in [0.15, 0.2) is 0 Å². The van der Waals surface area contributed by atoms with Crippen molar-refractivity contribution in [2.24, 2.45) is 0 Å². The number of halogens is 3. The molecule has 0 aliphatic heterocycles. The lowest BCUT2D eigenvalue weighted by atomic mass is 9.91. The van der Waals surface area contributed by atoms with Gasteiger partial charge in [0.1, 0.15) is 0 Å². The molecule has 2 aromatic carbocycles. The van der Waals surface area contributed by atoms with Gasteiger partial charge in [0, 0.05) is 12.7 Å². The van der Waals surface area contributed by atoms with Gasteiger partial charge >= 0.3 is 6.18 Å². The van der Waals surface area contributed by atoms with Crippen LogP contribution in [-0.4, -0.2) is 19.2 Å². The molecular weight excluding hydrogens is 319 g/mol. The predicted octanol–water partition coefficient (Wildman–Crippen LogP) is 3.97. The number of benzene rings is 2. The molecule has 3 nitrogen and oxygen atoms in total. The Hall–Kier alpha value is -2.34. The molecule has 128 valence electrons. The second-order valence-corrected chi connectivity index (χ2v) is 5.35. The first-order valence-electron chi connectivity index (χ1n) is 7.36. The Morgan fingerprint density at radius 3 is 1.96 bits per heavy atom. The van der Waals surface area contributed by atoms with Crippen LogP contribution >= 0.6 is 0 Å². The summed E-state index contributed by atoms with van der Waals surface area (Å²) in [5.74, 6) is -1.25. The summed E-state index contributed by atoms with van der Waals surface area (Å²) in [6, 6.07) is 15.1. The summed E-state index contributed by atoms with van der Waals surface area (Å²) in [5.41, 5.74) is -2.62. The second-order valence-electron chi connectivity index (χ2n) is 5.35. The minimum Gasteiger partial charge on any atom is -0.356 e. The van der Waals surface area contributed by atoms with Gasteiger partial charge in [-0.15, -0.1) is 0 Å². The first-order valence-corrected chi connectivity index (χ1v) is 7.36. The van der Waals surface area contributed by atoms with E-state index in [4.69, 9.17) is 4.74 Å². The molecular formula is C18H18F3NO2. The van der Waals surface area contributed by atoms with Gasteiger partial charge in [-0.05, 0) is 12.5 Å². The zero-order valence-corrected chi connectivity index (χ0v) is 13.3. The number of ether oxygens (including phenoxy) is 1. The Morgan fingerprint density at radius 2 is 1.50 bits per heavy atom. The Morgan fingerprint density at radius 1 is 1.00 bits per heavy atom. The fourth-order valence-corrected chi connectivity index (χ4v) is 2.55. The van der Waals surface area contributed by atoms with Gasteiger partial charge in [-0.1, -0.05) is 60.7 Å². The van der Waals surface area contributed by atoms with Crippen LogP contribution in [0.15, 0.2) is 60.7 Å². The third-order valence-corrected chi connectivity index (χ3v) is 3.85. The highest BCUT2D eigenvalue weighted by Crippen LogP contribution is 2.42. The van der Waals surface area contributed by atoms with E-state index in [0.717, 1.165) is 7.11 Å². The number of carbonyl (C=O) groups is 1. The average molecular weight is 337 g/mol. The average Bonchev–Trinajstić information content (AvgIpc) is 2.56. The minimum atomic E-state index is -4.91. The van der Waals surface area contributed by atoms with Crippen LogP contribution in [0.1, 0.15) is 24.1 Å². The van der Waals surface area contributed by atoms with Crippen molar-refractivity contribution in [1.82, 2.24) is 5.32 Å². The highest BCUT2D eigenvalue weighted by molar-refractivity contribution is 5.88. The lowest BCUT2D eigenvalue weighted by Gasteiger charge is -2.34. The third kappa shape index (κ3) is 3.28. The summed E-state index contributed by atoms with van der Waals surface area (Å²) < 4.78 is 46.1. The maximum atomic E-state index is 13.8. The molecule has 2 rings (SSSR count). The molecule has 2 atom stereocenters. The molecule has 0 saturated heterocycles. The van der Waals surface area contributed by atoms with Crippen LogP contribution in [0.2, 0.25) is 0 Å². The lowest BCUT2D eigenvalue weighted by molar-refractivity contribution is -0.266. The molecule has 0 aliphatic carbocycles. The van der Waals surface area contributed by atoms with E-state index in [2.05, 4.69) is 5.32 Å². The van der Waals surface area contributed by atoms with Crippen molar-refractivity contribution >= 4 is 5.91 Å². The van der Waals surface area contributed by atoms with Crippen LogP contribution in [0.25, 0.3) is 0 Å².